The number of carboxylic acid groups (broad SMARTS) is 3. The molecular formula is C42H57BN6O14. The second kappa shape index (κ2) is 26.7. The zero-order valence-electron chi connectivity index (χ0n) is 35.4. The highest BCUT2D eigenvalue weighted by atomic mass is 16.4. The molecule has 6 amide bonds. The predicted octanol–water partition coefficient (Wildman–Crippen LogP) is -0.472. The lowest BCUT2D eigenvalue weighted by Gasteiger charge is -2.28. The van der Waals surface area contributed by atoms with Crippen molar-refractivity contribution in [2.75, 3.05) is 0 Å². The molecule has 0 aromatic heterocycles. The van der Waals surface area contributed by atoms with E-state index in [1.807, 2.05) is 0 Å². The average Bonchev–Trinajstić information content (AvgIpc) is 3.20. The van der Waals surface area contributed by atoms with E-state index in [0.29, 0.717) is 16.7 Å². The summed E-state index contributed by atoms with van der Waals surface area (Å²) in [5, 5.41) is 62.2. The molecule has 0 saturated heterocycles. The summed E-state index contributed by atoms with van der Waals surface area (Å²) in [7, 11) is -1.94. The molecule has 342 valence electrons. The van der Waals surface area contributed by atoms with Gasteiger partial charge in [0.05, 0.1) is 18.8 Å². The van der Waals surface area contributed by atoms with Gasteiger partial charge in [-0.1, -0.05) is 74.5 Å². The van der Waals surface area contributed by atoms with E-state index in [9.17, 15) is 63.4 Å². The lowest BCUT2D eigenvalue weighted by Crippen LogP contribution is -2.60. The zero-order chi connectivity index (χ0) is 47.2. The Morgan fingerprint density at radius 2 is 1.11 bits per heavy atom. The number of carbonyl (C=O) groups is 9. The zero-order valence-corrected chi connectivity index (χ0v) is 35.4. The molecule has 0 heterocycles. The Hall–Kier alpha value is -6.61. The minimum atomic E-state index is -1.94. The first-order valence-electron chi connectivity index (χ1n) is 20.2. The van der Waals surface area contributed by atoms with Crippen molar-refractivity contribution in [2.45, 2.75) is 115 Å². The average molecular weight is 881 g/mol. The largest absolute Gasteiger partial charge is 0.481 e. The smallest absolute Gasteiger partial charge is 0.475 e. The molecular weight excluding hydrogens is 823 g/mol. The fraction of sp³-hybridized carbons (Fsp3) is 0.452. The molecule has 2 rings (SSSR count). The quantitative estimate of drug-likeness (QED) is 0.0381. The van der Waals surface area contributed by atoms with Crippen LogP contribution < -0.4 is 31.9 Å². The van der Waals surface area contributed by atoms with E-state index in [4.69, 9.17) is 5.11 Å². The summed E-state index contributed by atoms with van der Waals surface area (Å²) >= 11 is 0. The van der Waals surface area contributed by atoms with Crippen LogP contribution in [0.2, 0.25) is 0 Å². The maximum atomic E-state index is 14.4. The third-order valence-electron chi connectivity index (χ3n) is 9.56. The van der Waals surface area contributed by atoms with Gasteiger partial charge >= 0.3 is 25.0 Å². The normalized spacial score (nSPS) is 13.7. The molecule has 0 saturated carbocycles. The van der Waals surface area contributed by atoms with Gasteiger partial charge in [0.15, 0.2) is 0 Å². The number of carbonyl (C=O) groups excluding carboxylic acids is 6. The van der Waals surface area contributed by atoms with Gasteiger partial charge in [-0.05, 0) is 48.8 Å². The van der Waals surface area contributed by atoms with Crippen LogP contribution >= 0.6 is 0 Å². The van der Waals surface area contributed by atoms with Gasteiger partial charge in [-0.25, -0.2) is 0 Å². The second-order valence-corrected chi connectivity index (χ2v) is 15.3. The Kier molecular flexibility index (Phi) is 22.2. The lowest BCUT2D eigenvalue weighted by atomic mass is 9.77. The van der Waals surface area contributed by atoms with Crippen molar-refractivity contribution in [1.29, 1.82) is 0 Å². The molecule has 20 nitrogen and oxygen atoms in total. The minimum Gasteiger partial charge on any atom is -0.481 e. The van der Waals surface area contributed by atoms with Gasteiger partial charge in [-0.3, -0.25) is 43.2 Å². The summed E-state index contributed by atoms with van der Waals surface area (Å²) in [5.41, 5.74) is 1.88. The predicted molar refractivity (Wildman–Crippen MR) is 227 cm³/mol. The van der Waals surface area contributed by atoms with Crippen molar-refractivity contribution in [2.24, 2.45) is 5.92 Å². The van der Waals surface area contributed by atoms with Crippen LogP contribution in [0.3, 0.4) is 0 Å². The molecule has 0 spiro atoms. The fourth-order valence-corrected chi connectivity index (χ4v) is 6.25. The molecule has 0 radical (unpaired) electrons. The van der Waals surface area contributed by atoms with E-state index in [-0.39, 0.29) is 31.6 Å². The molecule has 0 fully saturated rings. The van der Waals surface area contributed by atoms with Gasteiger partial charge in [0.1, 0.15) is 30.2 Å². The molecule has 0 aliphatic rings. The number of hydrogen-bond donors (Lipinski definition) is 11. The molecule has 6 atom stereocenters. The second-order valence-electron chi connectivity index (χ2n) is 15.3. The van der Waals surface area contributed by atoms with Crippen LogP contribution in [0.1, 0.15) is 75.5 Å². The van der Waals surface area contributed by atoms with Gasteiger partial charge in [-0.2, -0.15) is 0 Å². The van der Waals surface area contributed by atoms with Crippen molar-refractivity contribution in [3.8, 4) is 0 Å². The molecule has 1 unspecified atom stereocenters. The van der Waals surface area contributed by atoms with Crippen molar-refractivity contribution >= 4 is 60.5 Å². The number of rotatable bonds is 28. The van der Waals surface area contributed by atoms with E-state index in [1.54, 1.807) is 75.4 Å². The maximum Gasteiger partial charge on any atom is 0.475 e. The summed E-state index contributed by atoms with van der Waals surface area (Å²) in [6, 6.07) is 7.78. The standard InChI is InChI=1S/C42H57BN6O14/c1-5-11-33(43(62)63)49-42(61)29(20-24(2)3)46-39(58)30(21-26-13-7-6-8-14-26)47-40(59)31(22-27-15-10-9-12-25(27)4)48-38(57)28(16-18-35(51)52)45-41(60)32(23-37(55)56)44-34(50)17-19-36(53)54/h5-10,12-15,24,28-33,62-63H,1,11,16-23H2,2-4H3,(H,44,50)(H,45,60)(H,46,58)(H,47,59)(H,48,57)(H,49,61)(H,51,52)(H,53,54)(H,55,56)/t28-,29-,30-,31-,32-,33?/m0/s1. The molecule has 2 aromatic carbocycles. The molecule has 63 heavy (non-hydrogen) atoms. The fourth-order valence-electron chi connectivity index (χ4n) is 6.25. The van der Waals surface area contributed by atoms with Crippen LogP contribution in [0, 0.1) is 12.8 Å². The number of benzene rings is 2. The van der Waals surface area contributed by atoms with Crippen LogP contribution in [0.25, 0.3) is 0 Å². The summed E-state index contributed by atoms with van der Waals surface area (Å²) in [6.07, 6.45) is -2.25. The summed E-state index contributed by atoms with van der Waals surface area (Å²) in [5.74, 6) is -11.2. The third kappa shape index (κ3) is 19.8. The van der Waals surface area contributed by atoms with Crippen LogP contribution in [-0.4, -0.2) is 122 Å². The van der Waals surface area contributed by atoms with E-state index in [0.717, 1.165) is 0 Å². The van der Waals surface area contributed by atoms with Crippen LogP contribution in [-0.2, 0) is 56.0 Å². The van der Waals surface area contributed by atoms with E-state index < -0.39 is 129 Å². The summed E-state index contributed by atoms with van der Waals surface area (Å²) < 4.78 is 0. The van der Waals surface area contributed by atoms with E-state index >= 15 is 0 Å². The highest BCUT2D eigenvalue weighted by molar-refractivity contribution is 6.43. The van der Waals surface area contributed by atoms with Crippen molar-refractivity contribution in [3.05, 3.63) is 83.9 Å². The van der Waals surface area contributed by atoms with E-state index in [1.165, 1.54) is 6.08 Å². The topological polar surface area (TPSA) is 327 Å². The third-order valence-corrected chi connectivity index (χ3v) is 9.56. The first-order chi connectivity index (χ1) is 29.7. The van der Waals surface area contributed by atoms with Crippen molar-refractivity contribution in [1.82, 2.24) is 31.9 Å². The number of hydrogen-bond acceptors (Lipinski definition) is 11. The van der Waals surface area contributed by atoms with E-state index in [2.05, 4.69) is 38.5 Å². The Morgan fingerprint density at radius 1 is 0.603 bits per heavy atom. The monoisotopic (exact) mass is 880 g/mol. The van der Waals surface area contributed by atoms with Gasteiger partial charge in [0, 0.05) is 25.7 Å². The molecule has 0 aliphatic heterocycles. The minimum absolute atomic E-state index is 0.00135. The van der Waals surface area contributed by atoms with Gasteiger partial charge in [0.25, 0.3) is 0 Å². The Balaban J connectivity index is 2.54. The molecule has 21 heteroatoms. The molecule has 0 bridgehead atoms. The number of amides is 6. The first-order valence-corrected chi connectivity index (χ1v) is 20.2. The number of aliphatic carboxylic acids is 3. The maximum absolute atomic E-state index is 14.4. The number of aryl methyl sites for hydroxylation is 1. The molecule has 0 aliphatic carbocycles. The van der Waals surface area contributed by atoms with Crippen molar-refractivity contribution < 1.29 is 68.5 Å². The summed E-state index contributed by atoms with van der Waals surface area (Å²) in [4.78, 5) is 116. The van der Waals surface area contributed by atoms with Crippen LogP contribution in [0.15, 0.2) is 67.3 Å². The van der Waals surface area contributed by atoms with Gasteiger partial charge in [0.2, 0.25) is 35.4 Å². The van der Waals surface area contributed by atoms with Crippen LogP contribution in [0.5, 0.6) is 0 Å². The summed E-state index contributed by atoms with van der Waals surface area (Å²) in [6.45, 7) is 8.90. The first kappa shape index (κ1) is 52.5. The molecule has 11 N–H and O–H groups in total. The Labute approximate surface area is 364 Å². The van der Waals surface area contributed by atoms with Gasteiger partial charge in [-0.15, -0.1) is 6.58 Å². The highest BCUT2D eigenvalue weighted by Gasteiger charge is 2.35. The molecule has 2 aromatic rings. The van der Waals surface area contributed by atoms with Crippen LogP contribution in [0.4, 0.5) is 0 Å². The Bertz CT molecular complexity index is 1930. The van der Waals surface area contributed by atoms with Crippen molar-refractivity contribution in [3.63, 3.8) is 0 Å². The SMILES string of the molecule is C=CCC(NC(=O)[C@H](CC(C)C)NC(=O)[C@H](Cc1ccccc1)NC(=O)[C@H](Cc1ccccc1C)NC(=O)[C@H](CCC(=O)O)NC(=O)[C@H](CC(=O)O)NC(=O)CCC(=O)O)B(O)O. The Morgan fingerprint density at radius 3 is 1.65 bits per heavy atom. The highest BCUT2D eigenvalue weighted by Crippen LogP contribution is 2.14. The number of nitrogens with one attached hydrogen (secondary N) is 6. The van der Waals surface area contributed by atoms with Gasteiger partial charge < -0.3 is 57.3 Å². The number of carboxylic acids is 3. The lowest BCUT2D eigenvalue weighted by molar-refractivity contribution is -0.142.